The summed E-state index contributed by atoms with van der Waals surface area (Å²) >= 11 is 0. The molecule has 0 spiro atoms. The van der Waals surface area contributed by atoms with Gasteiger partial charge in [-0.2, -0.15) is 13.2 Å². The molecule has 2 aromatic carbocycles. The topological polar surface area (TPSA) is 41.9 Å². The fraction of sp³-hybridized carbons (Fsp3) is 0.478. The Labute approximate surface area is 187 Å². The van der Waals surface area contributed by atoms with Crippen LogP contribution in [0.15, 0.2) is 54.6 Å². The molecular formula is C23H25F6NO3. The van der Waals surface area contributed by atoms with Crippen LogP contribution in [-0.4, -0.2) is 47.3 Å². The number of nitrogens with zero attached hydrogens (tertiary/aromatic N) is 1. The van der Waals surface area contributed by atoms with Gasteiger partial charge in [0, 0.05) is 19.1 Å². The number of para-hydroxylation sites is 1. The molecule has 1 N–H and O–H groups in total. The van der Waals surface area contributed by atoms with Crippen LogP contribution in [-0.2, 0) is 6.54 Å². The highest BCUT2D eigenvalue weighted by Gasteiger charge is 2.41. The van der Waals surface area contributed by atoms with E-state index in [0.29, 0.717) is 30.6 Å². The van der Waals surface area contributed by atoms with Gasteiger partial charge >= 0.3 is 12.5 Å². The van der Waals surface area contributed by atoms with Crippen molar-refractivity contribution in [2.75, 3.05) is 6.54 Å². The molecule has 0 aliphatic heterocycles. The molecule has 3 unspecified atom stereocenters. The Morgan fingerprint density at radius 2 is 1.64 bits per heavy atom. The number of ether oxygens (including phenoxy) is 2. The predicted octanol–water partition coefficient (Wildman–Crippen LogP) is 5.70. The fourth-order valence-electron chi connectivity index (χ4n) is 3.99. The summed E-state index contributed by atoms with van der Waals surface area (Å²) in [7, 11) is 0. The van der Waals surface area contributed by atoms with Crippen molar-refractivity contribution in [2.24, 2.45) is 0 Å². The lowest BCUT2D eigenvalue weighted by molar-refractivity contribution is -0.274. The van der Waals surface area contributed by atoms with Gasteiger partial charge in [-0.15, -0.1) is 13.2 Å². The maximum absolute atomic E-state index is 13.1. The second-order valence-electron chi connectivity index (χ2n) is 8.06. The van der Waals surface area contributed by atoms with Gasteiger partial charge in [0.2, 0.25) is 0 Å². The largest absolute Gasteiger partial charge is 0.573 e. The smallest absolute Gasteiger partial charge is 0.490 e. The number of aliphatic hydroxyl groups is 1. The van der Waals surface area contributed by atoms with E-state index in [1.807, 2.05) is 18.2 Å². The summed E-state index contributed by atoms with van der Waals surface area (Å²) in [5, 5.41) is 9.70. The molecule has 4 nitrogen and oxygen atoms in total. The van der Waals surface area contributed by atoms with Gasteiger partial charge in [-0.3, -0.25) is 4.90 Å². The molecule has 10 heteroatoms. The number of rotatable bonds is 8. The van der Waals surface area contributed by atoms with E-state index >= 15 is 0 Å². The number of aliphatic hydroxyl groups excluding tert-OH is 1. The summed E-state index contributed by atoms with van der Waals surface area (Å²) in [6.45, 7) is -0.776. The molecule has 0 bridgehead atoms. The lowest BCUT2D eigenvalue weighted by atomic mass is 9.91. The maximum Gasteiger partial charge on any atom is 0.573 e. The van der Waals surface area contributed by atoms with Crippen molar-refractivity contribution >= 4 is 0 Å². The molecule has 2 aromatic rings. The zero-order valence-electron chi connectivity index (χ0n) is 17.6. The molecule has 3 rings (SSSR count). The molecule has 33 heavy (non-hydrogen) atoms. The lowest BCUT2D eigenvalue weighted by Crippen LogP contribution is -2.47. The Morgan fingerprint density at radius 3 is 2.30 bits per heavy atom. The number of hydrogen-bond donors (Lipinski definition) is 1. The minimum absolute atomic E-state index is 0.0785. The summed E-state index contributed by atoms with van der Waals surface area (Å²) in [6, 6.07) is 13.8. The second-order valence-corrected chi connectivity index (χ2v) is 8.06. The molecule has 1 aliphatic carbocycles. The first-order valence-electron chi connectivity index (χ1n) is 10.5. The van der Waals surface area contributed by atoms with Crippen LogP contribution >= 0.6 is 0 Å². The first-order chi connectivity index (χ1) is 15.5. The highest BCUT2D eigenvalue weighted by atomic mass is 19.4. The predicted molar refractivity (Wildman–Crippen MR) is 109 cm³/mol. The van der Waals surface area contributed by atoms with E-state index in [4.69, 9.17) is 4.74 Å². The van der Waals surface area contributed by atoms with Crippen LogP contribution in [0.25, 0.3) is 0 Å². The van der Waals surface area contributed by atoms with Crippen LogP contribution in [0.1, 0.15) is 31.2 Å². The summed E-state index contributed by atoms with van der Waals surface area (Å²) in [6.07, 6.45) is -10.0. The van der Waals surface area contributed by atoms with Crippen molar-refractivity contribution in [1.29, 1.82) is 0 Å². The summed E-state index contributed by atoms with van der Waals surface area (Å²) in [4.78, 5) is 1.46. The zero-order valence-corrected chi connectivity index (χ0v) is 17.6. The molecule has 0 heterocycles. The molecule has 1 aliphatic rings. The van der Waals surface area contributed by atoms with Gasteiger partial charge in [0.15, 0.2) is 6.10 Å². The van der Waals surface area contributed by atoms with Gasteiger partial charge in [-0.05, 0) is 55.5 Å². The third-order valence-corrected chi connectivity index (χ3v) is 5.46. The second kappa shape index (κ2) is 10.6. The molecular weight excluding hydrogens is 452 g/mol. The fourth-order valence-corrected chi connectivity index (χ4v) is 3.99. The highest BCUT2D eigenvalue weighted by molar-refractivity contribution is 5.28. The quantitative estimate of drug-likeness (QED) is 0.496. The van der Waals surface area contributed by atoms with Crippen LogP contribution in [0.4, 0.5) is 26.3 Å². The van der Waals surface area contributed by atoms with Crippen LogP contribution < -0.4 is 9.47 Å². The normalized spacial score (nSPS) is 20.5. The number of alkyl halides is 6. The van der Waals surface area contributed by atoms with Crippen LogP contribution in [0.5, 0.6) is 11.5 Å². The molecule has 1 saturated carbocycles. The number of halogens is 6. The minimum atomic E-state index is -4.88. The van der Waals surface area contributed by atoms with Crippen molar-refractivity contribution < 1.29 is 40.9 Å². The van der Waals surface area contributed by atoms with Crippen LogP contribution in [0.3, 0.4) is 0 Å². The van der Waals surface area contributed by atoms with E-state index in [-0.39, 0.29) is 18.7 Å². The molecule has 0 amide bonds. The van der Waals surface area contributed by atoms with E-state index in [2.05, 4.69) is 4.74 Å². The third kappa shape index (κ3) is 8.12. The maximum atomic E-state index is 13.1. The van der Waals surface area contributed by atoms with Crippen molar-refractivity contribution in [3.63, 3.8) is 0 Å². The van der Waals surface area contributed by atoms with Crippen molar-refractivity contribution in [1.82, 2.24) is 4.90 Å². The molecule has 3 atom stereocenters. The van der Waals surface area contributed by atoms with E-state index in [1.165, 1.54) is 17.0 Å². The van der Waals surface area contributed by atoms with Gasteiger partial charge in [0.05, 0.1) is 0 Å². The summed E-state index contributed by atoms with van der Waals surface area (Å²) < 4.78 is 86.8. The van der Waals surface area contributed by atoms with E-state index < -0.39 is 30.9 Å². The molecule has 0 saturated heterocycles. The molecule has 0 radical (unpaired) electrons. The first kappa shape index (κ1) is 25.2. The van der Waals surface area contributed by atoms with E-state index in [9.17, 15) is 31.4 Å². The Balaban J connectivity index is 1.75. The van der Waals surface area contributed by atoms with E-state index in [0.717, 1.165) is 18.6 Å². The van der Waals surface area contributed by atoms with Gasteiger partial charge < -0.3 is 14.6 Å². The molecule has 0 aromatic heterocycles. The molecule has 182 valence electrons. The minimum Gasteiger partial charge on any atom is -0.490 e. The average molecular weight is 477 g/mol. The average Bonchev–Trinajstić information content (AvgIpc) is 2.72. The Hall–Kier alpha value is -2.46. The van der Waals surface area contributed by atoms with Gasteiger partial charge in [-0.1, -0.05) is 30.3 Å². The third-order valence-electron chi connectivity index (χ3n) is 5.46. The van der Waals surface area contributed by atoms with Crippen molar-refractivity contribution in [2.45, 2.75) is 63.0 Å². The lowest BCUT2D eigenvalue weighted by Gasteiger charge is -2.38. The van der Waals surface area contributed by atoms with Gasteiger partial charge in [0.1, 0.15) is 17.6 Å². The Morgan fingerprint density at radius 1 is 0.939 bits per heavy atom. The highest BCUT2D eigenvalue weighted by Crippen LogP contribution is 2.31. The van der Waals surface area contributed by atoms with Gasteiger partial charge in [0.25, 0.3) is 0 Å². The number of benzene rings is 2. The molecule has 1 fully saturated rings. The first-order valence-corrected chi connectivity index (χ1v) is 10.5. The summed E-state index contributed by atoms with van der Waals surface area (Å²) in [5.74, 6) is 0.201. The Bertz CT molecular complexity index is 874. The Kier molecular flexibility index (Phi) is 8.12. The monoisotopic (exact) mass is 477 g/mol. The van der Waals surface area contributed by atoms with Crippen molar-refractivity contribution in [3.05, 3.63) is 60.2 Å². The standard InChI is InChI=1S/C23H25F6NO3/c24-22(25,26)21(31)15-30(14-16-6-4-11-20(12-16)33-23(27,28)29)17-7-5-10-19(13-17)32-18-8-2-1-3-9-18/h1-4,6,8-9,11-12,17,19,21,31H,5,7,10,13-15H2. The van der Waals surface area contributed by atoms with Crippen LogP contribution in [0.2, 0.25) is 0 Å². The van der Waals surface area contributed by atoms with E-state index in [1.54, 1.807) is 12.1 Å². The van der Waals surface area contributed by atoms with Crippen LogP contribution in [0, 0.1) is 0 Å². The summed E-state index contributed by atoms with van der Waals surface area (Å²) in [5.41, 5.74) is 0.345. The van der Waals surface area contributed by atoms with Gasteiger partial charge in [-0.25, -0.2) is 0 Å². The number of hydrogen-bond acceptors (Lipinski definition) is 4. The SMILES string of the molecule is OC(CN(Cc1cccc(OC(F)(F)F)c1)C1CCCC(Oc2ccccc2)C1)C(F)(F)F. The van der Waals surface area contributed by atoms with Crippen molar-refractivity contribution in [3.8, 4) is 11.5 Å². The zero-order chi connectivity index (χ0) is 24.1.